The van der Waals surface area contributed by atoms with Gasteiger partial charge in [0.05, 0.1) is 17.3 Å². The van der Waals surface area contributed by atoms with E-state index in [0.29, 0.717) is 30.8 Å². The van der Waals surface area contributed by atoms with Gasteiger partial charge in [0.15, 0.2) is 0 Å². The van der Waals surface area contributed by atoms with E-state index in [-0.39, 0.29) is 12.5 Å². The second kappa shape index (κ2) is 8.00. The molecule has 0 spiro atoms. The molecule has 3 N–H and O–H groups in total. The molecule has 0 unspecified atom stereocenters. The van der Waals surface area contributed by atoms with E-state index in [2.05, 4.69) is 15.5 Å². The largest absolute Gasteiger partial charge is 0.391 e. The molecular weight excluding hydrogens is 378 g/mol. The van der Waals surface area contributed by atoms with Crippen LogP contribution in [-0.4, -0.2) is 45.3 Å². The van der Waals surface area contributed by atoms with Crippen molar-refractivity contribution in [3.63, 3.8) is 0 Å². The molecule has 3 aromatic rings. The van der Waals surface area contributed by atoms with Gasteiger partial charge in [-0.25, -0.2) is 8.78 Å². The Morgan fingerprint density at radius 2 is 2.07 bits per heavy atom. The van der Waals surface area contributed by atoms with Crippen molar-refractivity contribution < 1.29 is 18.7 Å². The predicted octanol–water partition coefficient (Wildman–Crippen LogP) is 3.06. The molecule has 29 heavy (non-hydrogen) atoms. The van der Waals surface area contributed by atoms with Crippen LogP contribution < -0.4 is 5.32 Å². The van der Waals surface area contributed by atoms with Gasteiger partial charge in [0.2, 0.25) is 5.91 Å². The maximum Gasteiger partial charge on any atom is 0.246 e. The first-order valence-corrected chi connectivity index (χ1v) is 9.30. The molecule has 0 aliphatic carbocycles. The fourth-order valence-corrected chi connectivity index (χ4v) is 3.39. The lowest BCUT2D eigenvalue weighted by Gasteiger charge is -2.12. The number of carbonyl (C=O) groups is 1. The summed E-state index contributed by atoms with van der Waals surface area (Å²) < 4.78 is 26.6. The number of β-amino-alcohol motifs (C(OH)–C–C–N with tert-alkyl or cyclic N) is 1. The van der Waals surface area contributed by atoms with Crippen LogP contribution in [0.25, 0.3) is 17.0 Å². The molecule has 2 heterocycles. The number of benzene rings is 2. The molecule has 2 aromatic carbocycles. The highest BCUT2D eigenvalue weighted by molar-refractivity contribution is 5.96. The quantitative estimate of drug-likeness (QED) is 0.577. The van der Waals surface area contributed by atoms with E-state index in [4.69, 9.17) is 0 Å². The molecule has 8 heteroatoms. The van der Waals surface area contributed by atoms with Gasteiger partial charge in [0, 0.05) is 42.9 Å². The monoisotopic (exact) mass is 398 g/mol. The number of aromatic amines is 1. The zero-order chi connectivity index (χ0) is 20.4. The molecule has 6 nitrogen and oxygen atoms in total. The molecule has 1 aromatic heterocycles. The summed E-state index contributed by atoms with van der Waals surface area (Å²) in [7, 11) is 0. The average Bonchev–Trinajstić information content (AvgIpc) is 3.29. The number of anilines is 1. The highest BCUT2D eigenvalue weighted by Gasteiger charge is 2.22. The highest BCUT2D eigenvalue weighted by Crippen LogP contribution is 2.22. The van der Waals surface area contributed by atoms with Gasteiger partial charge in [0.25, 0.3) is 0 Å². The molecular formula is C21H20F2N4O2. The Kier molecular flexibility index (Phi) is 5.26. The van der Waals surface area contributed by atoms with Gasteiger partial charge in [-0.15, -0.1) is 0 Å². The fraction of sp³-hybridized carbons (Fsp3) is 0.238. The molecule has 1 atom stereocenters. The number of hydrogen-bond donors (Lipinski definition) is 3. The minimum atomic E-state index is -0.616. The van der Waals surface area contributed by atoms with E-state index in [1.165, 1.54) is 18.2 Å². The second-order valence-corrected chi connectivity index (χ2v) is 7.06. The first-order valence-electron chi connectivity index (χ1n) is 9.30. The topological polar surface area (TPSA) is 81.2 Å². The molecule has 1 amide bonds. The van der Waals surface area contributed by atoms with Crippen LogP contribution in [0.15, 0.2) is 42.5 Å². The van der Waals surface area contributed by atoms with Crippen molar-refractivity contribution in [2.75, 3.05) is 18.4 Å². The summed E-state index contributed by atoms with van der Waals surface area (Å²) in [6.07, 6.45) is 3.26. The van der Waals surface area contributed by atoms with Gasteiger partial charge in [0.1, 0.15) is 11.6 Å². The van der Waals surface area contributed by atoms with Crippen molar-refractivity contribution in [1.82, 2.24) is 15.1 Å². The molecule has 1 aliphatic rings. The standard InChI is InChI=1S/C21H20F2N4O2/c22-14-7-13(8-15(23)9-14)11-24-16-1-2-19-18(10-16)20(26-25-19)3-4-21(29)27-6-5-17(28)12-27/h1-4,7-10,17,24,28H,5-6,11-12H2,(H,25,26)/b4-3+/t17-/m1/s1. The smallest absolute Gasteiger partial charge is 0.246 e. The number of carbonyl (C=O) groups excluding carboxylic acids is 1. The normalized spacial score (nSPS) is 16.8. The number of H-pyrrole nitrogens is 1. The van der Waals surface area contributed by atoms with E-state index >= 15 is 0 Å². The highest BCUT2D eigenvalue weighted by atomic mass is 19.1. The molecule has 4 rings (SSSR count). The lowest BCUT2D eigenvalue weighted by Crippen LogP contribution is -2.27. The number of likely N-dealkylation sites (tertiary alicyclic amines) is 1. The van der Waals surface area contributed by atoms with Crippen molar-refractivity contribution in [2.24, 2.45) is 0 Å². The van der Waals surface area contributed by atoms with E-state index in [9.17, 15) is 18.7 Å². The van der Waals surface area contributed by atoms with Gasteiger partial charge in [-0.05, 0) is 48.4 Å². The lowest BCUT2D eigenvalue weighted by molar-refractivity contribution is -0.125. The van der Waals surface area contributed by atoms with Gasteiger partial charge in [-0.1, -0.05) is 0 Å². The van der Waals surface area contributed by atoms with Gasteiger partial charge in [-0.3, -0.25) is 9.89 Å². The van der Waals surface area contributed by atoms with Gasteiger partial charge < -0.3 is 15.3 Å². The van der Waals surface area contributed by atoms with Crippen molar-refractivity contribution in [3.05, 3.63) is 65.4 Å². The van der Waals surface area contributed by atoms with Crippen LogP contribution >= 0.6 is 0 Å². The number of amides is 1. The van der Waals surface area contributed by atoms with E-state index in [1.54, 1.807) is 11.0 Å². The van der Waals surface area contributed by atoms with Crippen LogP contribution in [-0.2, 0) is 11.3 Å². The van der Waals surface area contributed by atoms with Crippen LogP contribution in [0.1, 0.15) is 17.7 Å². The summed E-state index contributed by atoms with van der Waals surface area (Å²) in [4.78, 5) is 13.8. The molecule has 150 valence electrons. The van der Waals surface area contributed by atoms with Crippen molar-refractivity contribution in [3.8, 4) is 0 Å². The Labute approximate surface area is 165 Å². The van der Waals surface area contributed by atoms with E-state index in [0.717, 1.165) is 22.7 Å². The van der Waals surface area contributed by atoms with Gasteiger partial charge >= 0.3 is 0 Å². The third-order valence-corrected chi connectivity index (χ3v) is 4.87. The van der Waals surface area contributed by atoms with Crippen LogP contribution in [0.2, 0.25) is 0 Å². The summed E-state index contributed by atoms with van der Waals surface area (Å²) >= 11 is 0. The third-order valence-electron chi connectivity index (χ3n) is 4.87. The first kappa shape index (κ1) is 19.1. The summed E-state index contributed by atoms with van der Waals surface area (Å²) in [5.74, 6) is -1.39. The predicted molar refractivity (Wildman–Crippen MR) is 106 cm³/mol. The summed E-state index contributed by atoms with van der Waals surface area (Å²) in [6, 6.07) is 8.89. The molecule has 1 aliphatic heterocycles. The van der Waals surface area contributed by atoms with E-state index < -0.39 is 17.7 Å². The zero-order valence-electron chi connectivity index (χ0n) is 15.5. The lowest BCUT2D eigenvalue weighted by atomic mass is 10.1. The Balaban J connectivity index is 1.48. The number of nitrogens with zero attached hydrogens (tertiary/aromatic N) is 2. The first-order chi connectivity index (χ1) is 14.0. The third kappa shape index (κ3) is 4.43. The summed E-state index contributed by atoms with van der Waals surface area (Å²) in [5.41, 5.74) is 2.66. The zero-order valence-corrected chi connectivity index (χ0v) is 15.5. The second-order valence-electron chi connectivity index (χ2n) is 7.06. The van der Waals surface area contributed by atoms with Crippen molar-refractivity contribution >= 4 is 28.6 Å². The molecule has 0 saturated carbocycles. The Bertz CT molecular complexity index is 1060. The minimum absolute atomic E-state index is 0.160. The van der Waals surface area contributed by atoms with Crippen LogP contribution in [0.3, 0.4) is 0 Å². The number of aliphatic hydroxyl groups is 1. The van der Waals surface area contributed by atoms with Crippen molar-refractivity contribution in [2.45, 2.75) is 19.1 Å². The van der Waals surface area contributed by atoms with Crippen LogP contribution in [0.4, 0.5) is 14.5 Å². The maximum absolute atomic E-state index is 13.3. The number of aliphatic hydroxyl groups excluding tert-OH is 1. The number of rotatable bonds is 5. The maximum atomic E-state index is 13.3. The average molecular weight is 398 g/mol. The molecule has 0 radical (unpaired) electrons. The number of aromatic nitrogens is 2. The number of fused-ring (bicyclic) bond motifs is 1. The summed E-state index contributed by atoms with van der Waals surface area (Å²) in [5, 5.41) is 20.6. The summed E-state index contributed by atoms with van der Waals surface area (Å²) in [6.45, 7) is 1.16. The van der Waals surface area contributed by atoms with Crippen LogP contribution in [0.5, 0.6) is 0 Å². The Morgan fingerprint density at radius 1 is 1.28 bits per heavy atom. The van der Waals surface area contributed by atoms with Gasteiger partial charge in [-0.2, -0.15) is 5.10 Å². The molecule has 1 saturated heterocycles. The minimum Gasteiger partial charge on any atom is -0.391 e. The van der Waals surface area contributed by atoms with E-state index in [1.807, 2.05) is 18.2 Å². The number of nitrogens with one attached hydrogen (secondary N) is 2. The Hall–Kier alpha value is -3.26. The number of hydrogen-bond acceptors (Lipinski definition) is 4. The molecule has 1 fully saturated rings. The molecule has 0 bridgehead atoms. The number of halogens is 2. The van der Waals surface area contributed by atoms with Crippen molar-refractivity contribution in [1.29, 1.82) is 0 Å². The fourth-order valence-electron chi connectivity index (χ4n) is 3.39. The Morgan fingerprint density at radius 3 is 2.79 bits per heavy atom. The SMILES string of the molecule is O=C(/C=C/c1[nH]nc2ccc(NCc3cc(F)cc(F)c3)cc12)N1CC[C@@H](O)C1. The van der Waals surface area contributed by atoms with Crippen LogP contribution in [0, 0.1) is 11.6 Å².